The van der Waals surface area contributed by atoms with Crippen LogP contribution in [0.1, 0.15) is 31.6 Å². The van der Waals surface area contributed by atoms with Crippen LogP contribution in [0.15, 0.2) is 12.4 Å². The number of nitrogens with two attached hydrogens (primary N) is 1. The highest BCUT2D eigenvalue weighted by Gasteiger charge is 2.29. The average Bonchev–Trinajstić information content (AvgIpc) is 2.57. The number of carbonyl (C=O) groups excluding carboxylic acids is 1. The van der Waals surface area contributed by atoms with Gasteiger partial charge in [0.25, 0.3) is 0 Å². The quantitative estimate of drug-likeness (QED) is 0.882. The highest BCUT2D eigenvalue weighted by atomic mass is 16.5. The standard InChI is InChI=1S/C16H25N5O2/c1-12-2-6-20(7-3-12)11-14(22)21-8-9-23-13(10-21)15-16(17)19-5-4-18-15/h4-5,12-13H,2-3,6-11H2,1H3,(H2,17,19). The Morgan fingerprint density at radius 3 is 2.78 bits per heavy atom. The van der Waals surface area contributed by atoms with E-state index in [4.69, 9.17) is 10.5 Å². The summed E-state index contributed by atoms with van der Waals surface area (Å²) in [6, 6.07) is 0. The summed E-state index contributed by atoms with van der Waals surface area (Å²) in [5.41, 5.74) is 6.49. The van der Waals surface area contributed by atoms with Crippen molar-refractivity contribution >= 4 is 11.7 Å². The van der Waals surface area contributed by atoms with Crippen molar-refractivity contribution < 1.29 is 9.53 Å². The lowest BCUT2D eigenvalue weighted by atomic mass is 9.99. The first kappa shape index (κ1) is 16.1. The van der Waals surface area contributed by atoms with Gasteiger partial charge >= 0.3 is 0 Å². The van der Waals surface area contributed by atoms with Gasteiger partial charge < -0.3 is 15.4 Å². The fraction of sp³-hybridized carbons (Fsp3) is 0.688. The molecule has 3 heterocycles. The molecular formula is C16H25N5O2. The zero-order valence-electron chi connectivity index (χ0n) is 13.6. The second kappa shape index (κ2) is 7.23. The molecule has 1 aromatic heterocycles. The number of hydrogen-bond donors (Lipinski definition) is 1. The van der Waals surface area contributed by atoms with E-state index >= 15 is 0 Å². The van der Waals surface area contributed by atoms with E-state index in [2.05, 4.69) is 21.8 Å². The van der Waals surface area contributed by atoms with Crippen molar-refractivity contribution in [2.75, 3.05) is 45.1 Å². The van der Waals surface area contributed by atoms with Gasteiger partial charge in [-0.1, -0.05) is 6.92 Å². The van der Waals surface area contributed by atoms with Crippen molar-refractivity contribution in [3.8, 4) is 0 Å². The van der Waals surface area contributed by atoms with Crippen LogP contribution in [0.25, 0.3) is 0 Å². The predicted octanol–water partition coefficient (Wildman–Crippen LogP) is 0.691. The molecule has 3 rings (SSSR count). The summed E-state index contributed by atoms with van der Waals surface area (Å²) < 4.78 is 5.74. The van der Waals surface area contributed by atoms with Crippen LogP contribution in [0.5, 0.6) is 0 Å². The van der Waals surface area contributed by atoms with Crippen molar-refractivity contribution in [2.45, 2.75) is 25.9 Å². The van der Waals surface area contributed by atoms with E-state index in [1.54, 1.807) is 12.4 Å². The third kappa shape index (κ3) is 3.97. The van der Waals surface area contributed by atoms with Crippen LogP contribution in [0.3, 0.4) is 0 Å². The number of morpholine rings is 1. The Labute approximate surface area is 136 Å². The maximum absolute atomic E-state index is 12.6. The average molecular weight is 319 g/mol. The SMILES string of the molecule is CC1CCN(CC(=O)N2CCOC(c3nccnc3N)C2)CC1. The van der Waals surface area contributed by atoms with E-state index in [-0.39, 0.29) is 12.0 Å². The van der Waals surface area contributed by atoms with Crippen molar-refractivity contribution in [2.24, 2.45) is 5.92 Å². The summed E-state index contributed by atoms with van der Waals surface area (Å²) in [7, 11) is 0. The Kier molecular flexibility index (Phi) is 5.07. The summed E-state index contributed by atoms with van der Waals surface area (Å²) in [4.78, 5) is 25.0. The lowest BCUT2D eigenvalue weighted by Crippen LogP contribution is -2.48. The number of rotatable bonds is 3. The zero-order chi connectivity index (χ0) is 16.2. The molecule has 2 N–H and O–H groups in total. The number of ether oxygens (including phenoxy) is 1. The van der Waals surface area contributed by atoms with Gasteiger partial charge in [-0.25, -0.2) is 4.98 Å². The molecule has 23 heavy (non-hydrogen) atoms. The Morgan fingerprint density at radius 1 is 1.30 bits per heavy atom. The highest BCUT2D eigenvalue weighted by molar-refractivity contribution is 5.78. The van der Waals surface area contributed by atoms with Gasteiger partial charge in [0.05, 0.1) is 19.7 Å². The molecule has 7 heteroatoms. The van der Waals surface area contributed by atoms with Crippen LogP contribution in [-0.4, -0.2) is 65.0 Å². The number of anilines is 1. The lowest BCUT2D eigenvalue weighted by molar-refractivity contribution is -0.140. The first-order valence-corrected chi connectivity index (χ1v) is 8.31. The van der Waals surface area contributed by atoms with Crippen molar-refractivity contribution in [1.82, 2.24) is 19.8 Å². The second-order valence-corrected chi connectivity index (χ2v) is 6.48. The van der Waals surface area contributed by atoms with Crippen LogP contribution in [0.4, 0.5) is 5.82 Å². The van der Waals surface area contributed by atoms with Crippen LogP contribution >= 0.6 is 0 Å². The Bertz CT molecular complexity index is 545. The lowest BCUT2D eigenvalue weighted by Gasteiger charge is -2.35. The van der Waals surface area contributed by atoms with Crippen LogP contribution in [0.2, 0.25) is 0 Å². The van der Waals surface area contributed by atoms with Gasteiger partial charge in [0, 0.05) is 18.9 Å². The van der Waals surface area contributed by atoms with Gasteiger partial charge in [0.15, 0.2) is 0 Å². The fourth-order valence-corrected chi connectivity index (χ4v) is 3.16. The molecule has 0 saturated carbocycles. The Morgan fingerprint density at radius 2 is 2.04 bits per heavy atom. The molecule has 1 amide bonds. The first-order chi connectivity index (χ1) is 11.1. The largest absolute Gasteiger partial charge is 0.382 e. The minimum absolute atomic E-state index is 0.162. The topological polar surface area (TPSA) is 84.6 Å². The van der Waals surface area contributed by atoms with Gasteiger partial charge in [-0.2, -0.15) is 0 Å². The summed E-state index contributed by atoms with van der Waals surface area (Å²) in [6.07, 6.45) is 5.22. The smallest absolute Gasteiger partial charge is 0.236 e. The van der Waals surface area contributed by atoms with E-state index in [1.165, 1.54) is 12.8 Å². The summed E-state index contributed by atoms with van der Waals surface area (Å²) in [5.74, 6) is 1.31. The molecule has 2 saturated heterocycles. The molecule has 2 fully saturated rings. The van der Waals surface area contributed by atoms with Gasteiger partial charge in [-0.05, 0) is 31.8 Å². The number of nitrogens with zero attached hydrogens (tertiary/aromatic N) is 4. The monoisotopic (exact) mass is 319 g/mol. The molecule has 0 radical (unpaired) electrons. The predicted molar refractivity (Wildman–Crippen MR) is 86.6 cm³/mol. The van der Waals surface area contributed by atoms with E-state index in [0.717, 1.165) is 19.0 Å². The van der Waals surface area contributed by atoms with Crippen LogP contribution in [0, 0.1) is 5.92 Å². The first-order valence-electron chi connectivity index (χ1n) is 8.31. The number of nitrogen functional groups attached to an aromatic ring is 1. The molecule has 1 aromatic rings. The highest BCUT2D eigenvalue weighted by Crippen LogP contribution is 2.24. The van der Waals surface area contributed by atoms with Crippen molar-refractivity contribution in [1.29, 1.82) is 0 Å². The summed E-state index contributed by atoms with van der Waals surface area (Å²) >= 11 is 0. The molecule has 0 aromatic carbocycles. The third-order valence-corrected chi connectivity index (χ3v) is 4.72. The minimum Gasteiger partial charge on any atom is -0.382 e. The molecule has 2 aliphatic rings. The number of aromatic nitrogens is 2. The molecule has 0 aliphatic carbocycles. The van der Waals surface area contributed by atoms with Crippen molar-refractivity contribution in [3.05, 3.63) is 18.1 Å². The Hall–Kier alpha value is -1.73. The molecule has 0 spiro atoms. The summed E-state index contributed by atoms with van der Waals surface area (Å²) in [5, 5.41) is 0. The number of amides is 1. The zero-order valence-corrected chi connectivity index (χ0v) is 13.6. The molecule has 1 unspecified atom stereocenters. The maximum atomic E-state index is 12.6. The molecule has 0 bridgehead atoms. The molecule has 7 nitrogen and oxygen atoms in total. The maximum Gasteiger partial charge on any atom is 0.236 e. The molecule has 126 valence electrons. The number of hydrogen-bond acceptors (Lipinski definition) is 6. The number of likely N-dealkylation sites (tertiary alicyclic amines) is 1. The van der Waals surface area contributed by atoms with Crippen molar-refractivity contribution in [3.63, 3.8) is 0 Å². The molecular weight excluding hydrogens is 294 g/mol. The van der Waals surface area contributed by atoms with E-state index in [1.807, 2.05) is 4.90 Å². The van der Waals surface area contributed by atoms with E-state index in [9.17, 15) is 4.79 Å². The van der Waals surface area contributed by atoms with E-state index in [0.29, 0.717) is 37.8 Å². The van der Waals surface area contributed by atoms with Crippen LogP contribution in [-0.2, 0) is 9.53 Å². The molecule has 2 aliphatic heterocycles. The summed E-state index contributed by atoms with van der Waals surface area (Å²) in [6.45, 7) is 6.41. The van der Waals surface area contributed by atoms with Crippen LogP contribution < -0.4 is 5.73 Å². The van der Waals surface area contributed by atoms with E-state index < -0.39 is 0 Å². The van der Waals surface area contributed by atoms with Gasteiger partial charge in [-0.3, -0.25) is 14.7 Å². The van der Waals surface area contributed by atoms with Gasteiger partial charge in [-0.15, -0.1) is 0 Å². The molecule has 1 atom stereocenters. The van der Waals surface area contributed by atoms with Gasteiger partial charge in [0.2, 0.25) is 5.91 Å². The number of carbonyl (C=O) groups is 1. The third-order valence-electron chi connectivity index (χ3n) is 4.72. The Balaban J connectivity index is 1.58. The normalized spacial score (nSPS) is 23.9. The minimum atomic E-state index is -0.289. The number of piperidine rings is 1. The van der Waals surface area contributed by atoms with Gasteiger partial charge in [0.1, 0.15) is 17.6 Å². The second-order valence-electron chi connectivity index (χ2n) is 6.48. The fourth-order valence-electron chi connectivity index (χ4n) is 3.16.